The zero-order valence-corrected chi connectivity index (χ0v) is 75.4. The van der Waals surface area contributed by atoms with Crippen LogP contribution in [-0.4, -0.2) is 444 Å². The van der Waals surface area contributed by atoms with Gasteiger partial charge >= 0.3 is 24.1 Å². The van der Waals surface area contributed by atoms with Gasteiger partial charge < -0.3 is 69.2 Å². The number of hydrogen-bond acceptors (Lipinski definition) is 17. The van der Waals surface area contributed by atoms with E-state index < -0.39 is 0 Å². The number of carbonyl (C=O) groups excluding carboxylic acids is 7. The lowest BCUT2D eigenvalue weighted by Crippen LogP contribution is -2.54. The molecule has 0 spiro atoms. The number of amides is 11. The molecule has 0 aromatic heterocycles. The van der Waals surface area contributed by atoms with Gasteiger partial charge in [0.25, 0.3) is 0 Å². The first-order valence-electron chi connectivity index (χ1n) is 43.8. The van der Waals surface area contributed by atoms with Crippen LogP contribution in [0.25, 0.3) is 0 Å². The van der Waals surface area contributed by atoms with Gasteiger partial charge in [-0.15, -0.1) is 0 Å². The normalized spacial score (nSPS) is 19.8. The van der Waals surface area contributed by atoms with Crippen LogP contribution in [0.1, 0.15) is 189 Å². The summed E-state index contributed by atoms with van der Waals surface area (Å²) in [5.74, 6) is 2.16. The topological polar surface area (TPSA) is 239 Å². The van der Waals surface area contributed by atoms with Gasteiger partial charge in [0, 0.05) is 311 Å². The monoisotopic (exact) mass is 1590 g/mol. The van der Waals surface area contributed by atoms with Crippen LogP contribution in [0.3, 0.4) is 0 Å². The van der Waals surface area contributed by atoms with E-state index in [1.54, 1.807) is 11.9 Å². The van der Waals surface area contributed by atoms with Crippen molar-refractivity contribution in [2.45, 2.75) is 244 Å². The zero-order chi connectivity index (χ0) is 84.1. The molecule has 9 fully saturated rings. The van der Waals surface area contributed by atoms with Crippen LogP contribution in [-0.2, 0) is 14.4 Å². The molecule has 3 N–H and O–H groups in total. The van der Waals surface area contributed by atoms with Crippen LogP contribution in [0, 0.1) is 17.8 Å². The van der Waals surface area contributed by atoms with Gasteiger partial charge in [-0.2, -0.15) is 0 Å². The summed E-state index contributed by atoms with van der Waals surface area (Å²) in [6.07, 6.45) is 8.17. The Labute approximate surface area is 681 Å². The number of hydrogen-bond donors (Lipinski definition) is 3. The summed E-state index contributed by atoms with van der Waals surface area (Å²) in [4.78, 5) is 121. The molecular weight excluding hydrogens is 1420 g/mol. The molecule has 9 rings (SSSR count). The van der Waals surface area contributed by atoms with E-state index in [1.807, 2.05) is 86.0 Å². The maximum Gasteiger partial charge on any atom is 0.320 e. The molecule has 0 aromatic rings. The molecule has 0 bridgehead atoms. The van der Waals surface area contributed by atoms with E-state index in [0.29, 0.717) is 86.0 Å². The maximum atomic E-state index is 12.1. The first-order chi connectivity index (χ1) is 52.9. The maximum absolute atomic E-state index is 12.1. The van der Waals surface area contributed by atoms with Crippen LogP contribution in [0.5, 0.6) is 0 Å². The third-order valence-electron chi connectivity index (χ3n) is 23.7. The van der Waals surface area contributed by atoms with Gasteiger partial charge in [0.1, 0.15) is 0 Å². The standard InChI is InChI=1S/C13H27N3O.C13H26N2O2.C12H23N3O.C12H25N3O.C12H22N2O.C11H23N3O2.C11H22N2O2/c1-11(2)10-14(5)13(17)16-8-6-15(7-9-16)12(3)4;1-4-12(10-16)9-13(17)15-7-5-14(6-8-15)11(2)3;1-10(2)14-6-8-15(9-7-14)12(16)13(3)11-4-5-11;1-10(2)13(5)12(16)15-8-6-14(7-9-15)11(3)4;1-10(2)13-5-7-14(8-6-13)12(15)9-11-3-4-11;1-10(2)13-4-6-14(7-5-13)11(16)12(3)8-9-15;1-10(2)12-5-7-13(8-6-12)11(15)4-3-9-14/h11-12H,6-10H2,1-5H3;11-12,16H,4-10H2,1-3H3;10-11H,4-9H2,1-3H3;10-11H,6-9H2,1-5H3;10-11H,3-9H2,1-2H3;10,15H,4-9H2,1-3H3;10,14H,3-9H2,1-2H3. The molecule has 28 heteroatoms. The number of aliphatic hydroxyl groups is 3. The number of likely N-dealkylation sites (N-methyl/N-ethyl adjacent to an activating group) is 1. The second-order valence-corrected chi connectivity index (χ2v) is 35.2. The lowest BCUT2D eigenvalue weighted by atomic mass is 10.0. The van der Waals surface area contributed by atoms with Crippen molar-refractivity contribution in [3.63, 3.8) is 0 Å². The predicted molar refractivity (Wildman–Crippen MR) is 455 cm³/mol. The molecular formula is C84H168N18O10. The van der Waals surface area contributed by atoms with Crippen molar-refractivity contribution in [3.8, 4) is 0 Å². The largest absolute Gasteiger partial charge is 0.396 e. The minimum absolute atomic E-state index is 0.0220. The van der Waals surface area contributed by atoms with Gasteiger partial charge in [0.05, 0.1) is 6.61 Å². The summed E-state index contributed by atoms with van der Waals surface area (Å²) in [5.41, 5.74) is 0. The van der Waals surface area contributed by atoms with Gasteiger partial charge in [-0.1, -0.05) is 27.2 Å². The quantitative estimate of drug-likeness (QED) is 0.0982. The third kappa shape index (κ3) is 37.6. The Kier molecular flexibility index (Phi) is 48.3. The average molecular weight is 1590 g/mol. The van der Waals surface area contributed by atoms with E-state index in [9.17, 15) is 33.6 Å². The van der Waals surface area contributed by atoms with E-state index in [2.05, 4.69) is 150 Å². The van der Waals surface area contributed by atoms with E-state index in [1.165, 1.54) is 25.7 Å². The lowest BCUT2D eigenvalue weighted by molar-refractivity contribution is -0.135. The minimum Gasteiger partial charge on any atom is -0.396 e. The molecule has 2 aliphatic carbocycles. The van der Waals surface area contributed by atoms with Crippen molar-refractivity contribution >= 4 is 41.8 Å². The summed E-state index contributed by atoms with van der Waals surface area (Å²) in [5, 5.41) is 26.5. The van der Waals surface area contributed by atoms with Gasteiger partial charge in [-0.05, 0) is 161 Å². The molecule has 7 heterocycles. The van der Waals surface area contributed by atoms with Crippen molar-refractivity contribution < 1.29 is 48.9 Å². The third-order valence-corrected chi connectivity index (χ3v) is 23.7. The molecule has 1 unspecified atom stereocenters. The lowest BCUT2D eigenvalue weighted by Gasteiger charge is -2.39. The molecule has 654 valence electrons. The number of carbonyl (C=O) groups is 7. The number of piperazine rings is 7. The Morgan fingerprint density at radius 3 is 0.911 bits per heavy atom. The fourth-order valence-electron chi connectivity index (χ4n) is 14.6. The average Bonchev–Trinajstić information content (AvgIpc) is 1.69. The van der Waals surface area contributed by atoms with E-state index >= 15 is 0 Å². The molecule has 112 heavy (non-hydrogen) atoms. The number of aliphatic hydroxyl groups excluding tert-OH is 3. The molecule has 2 saturated carbocycles. The fourth-order valence-corrected chi connectivity index (χ4v) is 14.6. The highest BCUT2D eigenvalue weighted by atomic mass is 16.3. The summed E-state index contributed by atoms with van der Waals surface area (Å²) in [6, 6.07) is 5.46. The van der Waals surface area contributed by atoms with Gasteiger partial charge in [0.15, 0.2) is 0 Å². The highest BCUT2D eigenvalue weighted by Gasteiger charge is 2.35. The van der Waals surface area contributed by atoms with Gasteiger partial charge in [-0.3, -0.25) is 48.7 Å². The Hall–Kier alpha value is -4.91. The molecule has 7 saturated heterocycles. The second-order valence-electron chi connectivity index (χ2n) is 35.2. The molecule has 28 nitrogen and oxygen atoms in total. The number of rotatable bonds is 22. The first-order valence-corrected chi connectivity index (χ1v) is 43.8. The van der Waals surface area contributed by atoms with Gasteiger partial charge in [0.2, 0.25) is 17.7 Å². The van der Waals surface area contributed by atoms with Crippen LogP contribution in [0.4, 0.5) is 19.2 Å². The minimum atomic E-state index is 0.0220. The zero-order valence-electron chi connectivity index (χ0n) is 75.4. The van der Waals surface area contributed by atoms with E-state index in [-0.39, 0.29) is 67.7 Å². The Morgan fingerprint density at radius 2 is 0.643 bits per heavy atom. The highest BCUT2D eigenvalue weighted by Crippen LogP contribution is 2.33. The number of nitrogens with zero attached hydrogens (tertiary/aromatic N) is 18. The second kappa shape index (κ2) is 53.4. The fraction of sp³-hybridized carbons (Fsp3) is 0.917. The molecule has 11 amide bonds. The van der Waals surface area contributed by atoms with E-state index in [4.69, 9.17) is 15.3 Å². The molecule has 0 aromatic carbocycles. The van der Waals surface area contributed by atoms with Crippen LogP contribution >= 0.6 is 0 Å². The number of urea groups is 4. The van der Waals surface area contributed by atoms with Crippen molar-refractivity contribution in [1.29, 1.82) is 0 Å². The highest BCUT2D eigenvalue weighted by molar-refractivity contribution is 5.78. The Bertz CT molecular complexity index is 2550. The van der Waals surface area contributed by atoms with Crippen molar-refractivity contribution in [3.05, 3.63) is 0 Å². The molecule has 1 atom stereocenters. The van der Waals surface area contributed by atoms with E-state index in [0.717, 1.165) is 209 Å². The first kappa shape index (κ1) is 101. The SMILES string of the molecule is CC(C)CN(C)C(=O)N1CCN(C(C)C)CC1.CC(C)N1CCN(C(=O)CC2CC2)CC1.CC(C)N1CCN(C(=O)CCCO)CC1.CC(C)N1CCN(C(=O)N(C)C(C)C)CC1.CC(C)N1CCN(C(=O)N(C)C2CC2)CC1.CC(C)N1CCN(C(=O)N(C)CCO)CC1.CCC(CO)CC(=O)N1CCN(C(C)C)CC1. The summed E-state index contributed by atoms with van der Waals surface area (Å²) >= 11 is 0. The van der Waals surface area contributed by atoms with Crippen molar-refractivity contribution in [2.75, 3.05) is 244 Å². The van der Waals surface area contributed by atoms with Crippen LogP contribution in [0.2, 0.25) is 0 Å². The van der Waals surface area contributed by atoms with Crippen molar-refractivity contribution in [1.82, 2.24) is 88.2 Å². The smallest absolute Gasteiger partial charge is 0.320 e. The summed E-state index contributed by atoms with van der Waals surface area (Å²) in [6.45, 7) is 68.6. The van der Waals surface area contributed by atoms with Gasteiger partial charge in [-0.25, -0.2) is 19.2 Å². The van der Waals surface area contributed by atoms with Crippen LogP contribution < -0.4 is 0 Å². The Balaban J connectivity index is 0.000000339. The van der Waals surface area contributed by atoms with Crippen LogP contribution in [0.15, 0.2) is 0 Å². The van der Waals surface area contributed by atoms with Crippen molar-refractivity contribution in [2.24, 2.45) is 17.8 Å². The summed E-state index contributed by atoms with van der Waals surface area (Å²) < 4.78 is 0. The predicted octanol–water partition coefficient (Wildman–Crippen LogP) is 7.07. The molecule has 7 aliphatic heterocycles. The molecule has 9 aliphatic rings. The Morgan fingerprint density at radius 1 is 0.348 bits per heavy atom. The molecule has 0 radical (unpaired) electrons. The summed E-state index contributed by atoms with van der Waals surface area (Å²) in [7, 11) is 7.45.